The number of anilines is 1. The molecule has 2 rings (SSSR count). The van der Waals surface area contributed by atoms with E-state index in [0.29, 0.717) is 24.3 Å². The summed E-state index contributed by atoms with van der Waals surface area (Å²) in [5.41, 5.74) is 1.24. The highest BCUT2D eigenvalue weighted by Gasteiger charge is 2.32. The molecule has 3 nitrogen and oxygen atoms in total. The van der Waals surface area contributed by atoms with Crippen molar-refractivity contribution in [3.8, 4) is 6.07 Å². The van der Waals surface area contributed by atoms with Gasteiger partial charge in [-0.3, -0.25) is 0 Å². The van der Waals surface area contributed by atoms with E-state index in [1.165, 1.54) is 0 Å². The lowest BCUT2D eigenvalue weighted by Gasteiger charge is -2.22. The third kappa shape index (κ3) is 2.76. The first-order valence-electron chi connectivity index (χ1n) is 6.02. The second kappa shape index (κ2) is 4.89. The van der Waals surface area contributed by atoms with Gasteiger partial charge < -0.3 is 4.90 Å². The minimum atomic E-state index is -2.59. The van der Waals surface area contributed by atoms with Crippen LogP contribution >= 0.6 is 0 Å². The fraction of sp³-hybridized carbons (Fsp3) is 0.538. The summed E-state index contributed by atoms with van der Waals surface area (Å²) in [4.78, 5) is 6.11. The van der Waals surface area contributed by atoms with Gasteiger partial charge >= 0.3 is 0 Å². The van der Waals surface area contributed by atoms with Gasteiger partial charge in [-0.05, 0) is 25.5 Å². The minimum absolute atomic E-state index is 0.0861. The minimum Gasteiger partial charge on any atom is -0.355 e. The van der Waals surface area contributed by atoms with Crippen LogP contribution in [-0.4, -0.2) is 24.0 Å². The van der Waals surface area contributed by atoms with E-state index >= 15 is 0 Å². The molecule has 0 bridgehead atoms. The lowest BCUT2D eigenvalue weighted by molar-refractivity contribution is -0.0102. The Bertz CT molecular complexity index is 480. The van der Waals surface area contributed by atoms with E-state index in [4.69, 9.17) is 5.26 Å². The smallest absolute Gasteiger partial charge is 0.249 e. The van der Waals surface area contributed by atoms with Crippen molar-refractivity contribution in [2.45, 2.75) is 32.1 Å². The van der Waals surface area contributed by atoms with Crippen molar-refractivity contribution in [1.82, 2.24) is 4.98 Å². The number of nitrogens with zero attached hydrogens (tertiary/aromatic N) is 3. The monoisotopic (exact) mass is 251 g/mol. The van der Waals surface area contributed by atoms with Crippen LogP contribution in [0.2, 0.25) is 0 Å². The van der Waals surface area contributed by atoms with Crippen molar-refractivity contribution in [2.75, 3.05) is 18.0 Å². The Kier molecular flexibility index (Phi) is 3.46. The first-order chi connectivity index (χ1) is 8.52. The van der Waals surface area contributed by atoms with Crippen LogP contribution in [0.15, 0.2) is 12.1 Å². The Morgan fingerprint density at radius 2 is 2.11 bits per heavy atom. The van der Waals surface area contributed by atoms with Crippen LogP contribution in [0.3, 0.4) is 0 Å². The van der Waals surface area contributed by atoms with Gasteiger partial charge in [-0.25, -0.2) is 13.8 Å². The molecule has 5 heteroatoms. The maximum Gasteiger partial charge on any atom is 0.249 e. The number of aromatic nitrogens is 1. The summed E-state index contributed by atoms with van der Waals surface area (Å²) in [5.74, 6) is -2.05. The summed E-state index contributed by atoms with van der Waals surface area (Å²) < 4.78 is 26.6. The molecule has 1 aliphatic heterocycles. The van der Waals surface area contributed by atoms with E-state index in [1.807, 2.05) is 6.92 Å². The number of hydrogen-bond acceptors (Lipinski definition) is 3. The van der Waals surface area contributed by atoms with Crippen LogP contribution in [0, 0.1) is 18.3 Å². The van der Waals surface area contributed by atoms with E-state index in [1.54, 1.807) is 17.0 Å². The fourth-order valence-electron chi connectivity index (χ4n) is 2.15. The highest BCUT2D eigenvalue weighted by atomic mass is 19.3. The molecule has 0 saturated carbocycles. The molecule has 0 spiro atoms. The molecule has 96 valence electrons. The van der Waals surface area contributed by atoms with Crippen LogP contribution in [0.25, 0.3) is 0 Å². The molecule has 0 N–H and O–H groups in total. The van der Waals surface area contributed by atoms with Crippen molar-refractivity contribution in [2.24, 2.45) is 0 Å². The van der Waals surface area contributed by atoms with Crippen LogP contribution in [0.4, 0.5) is 14.6 Å². The van der Waals surface area contributed by atoms with Gasteiger partial charge in [-0.15, -0.1) is 0 Å². The number of halogens is 2. The van der Waals surface area contributed by atoms with Crippen LogP contribution in [0.5, 0.6) is 0 Å². The van der Waals surface area contributed by atoms with E-state index in [-0.39, 0.29) is 19.4 Å². The third-order valence-electron chi connectivity index (χ3n) is 3.15. The highest BCUT2D eigenvalue weighted by molar-refractivity contribution is 5.54. The normalized spacial score (nSPS) is 19.1. The maximum absolute atomic E-state index is 13.3. The van der Waals surface area contributed by atoms with Gasteiger partial charge in [0.2, 0.25) is 5.92 Å². The van der Waals surface area contributed by atoms with Crippen molar-refractivity contribution < 1.29 is 8.78 Å². The topological polar surface area (TPSA) is 39.9 Å². The molecule has 1 aliphatic rings. The summed E-state index contributed by atoms with van der Waals surface area (Å²) in [7, 11) is 0. The maximum atomic E-state index is 13.3. The average molecular weight is 251 g/mol. The van der Waals surface area contributed by atoms with E-state index in [2.05, 4.69) is 11.1 Å². The van der Waals surface area contributed by atoms with E-state index in [0.717, 1.165) is 5.69 Å². The van der Waals surface area contributed by atoms with Crippen molar-refractivity contribution >= 4 is 5.82 Å². The van der Waals surface area contributed by atoms with Gasteiger partial charge in [0.1, 0.15) is 11.9 Å². The number of alkyl halides is 2. The Morgan fingerprint density at radius 3 is 2.83 bits per heavy atom. The average Bonchev–Trinajstić information content (AvgIpc) is 2.50. The van der Waals surface area contributed by atoms with Gasteiger partial charge in [0.25, 0.3) is 0 Å². The molecule has 0 aliphatic carbocycles. The summed E-state index contributed by atoms with van der Waals surface area (Å²) in [6.45, 7) is 2.61. The lowest BCUT2D eigenvalue weighted by Crippen LogP contribution is -2.27. The second-order valence-electron chi connectivity index (χ2n) is 4.63. The summed E-state index contributed by atoms with van der Waals surface area (Å²) in [5, 5.41) is 9.05. The number of aryl methyl sites for hydroxylation is 1. The van der Waals surface area contributed by atoms with Crippen LogP contribution in [-0.2, 0) is 0 Å². The Hall–Kier alpha value is -1.70. The van der Waals surface area contributed by atoms with Gasteiger partial charge in [0.05, 0.1) is 5.56 Å². The predicted octanol–water partition coefficient (Wildman–Crippen LogP) is 2.89. The number of hydrogen-bond donors (Lipinski definition) is 0. The van der Waals surface area contributed by atoms with Gasteiger partial charge in [-0.1, -0.05) is 0 Å². The first-order valence-corrected chi connectivity index (χ1v) is 6.02. The third-order valence-corrected chi connectivity index (χ3v) is 3.15. The lowest BCUT2D eigenvalue weighted by atomic mass is 10.1. The van der Waals surface area contributed by atoms with Gasteiger partial charge in [-0.2, -0.15) is 5.26 Å². The van der Waals surface area contributed by atoms with Gasteiger partial charge in [0, 0.05) is 31.6 Å². The molecule has 0 unspecified atom stereocenters. The standard InChI is InChI=1S/C13H15F2N3/c1-10-3-4-11(9-16)12(17-10)18-7-2-5-13(14,15)6-8-18/h3-4H,2,5-8H2,1H3. The molecule has 0 amide bonds. The number of rotatable bonds is 1. The van der Waals surface area contributed by atoms with Gasteiger partial charge in [0.15, 0.2) is 0 Å². The van der Waals surface area contributed by atoms with Crippen molar-refractivity contribution in [3.63, 3.8) is 0 Å². The molecule has 0 radical (unpaired) electrons. The Labute approximate surface area is 105 Å². The Morgan fingerprint density at radius 1 is 1.33 bits per heavy atom. The largest absolute Gasteiger partial charge is 0.355 e. The van der Waals surface area contributed by atoms with E-state index < -0.39 is 5.92 Å². The van der Waals surface area contributed by atoms with Crippen LogP contribution < -0.4 is 4.90 Å². The summed E-state index contributed by atoms with van der Waals surface area (Å²) >= 11 is 0. The Balaban J connectivity index is 2.26. The number of nitriles is 1. The molecule has 2 heterocycles. The molecule has 1 saturated heterocycles. The quantitative estimate of drug-likeness (QED) is 0.770. The van der Waals surface area contributed by atoms with Crippen LogP contribution in [0.1, 0.15) is 30.5 Å². The molecular formula is C13H15F2N3. The SMILES string of the molecule is Cc1ccc(C#N)c(N2CCCC(F)(F)CC2)n1. The number of pyridine rings is 1. The highest BCUT2D eigenvalue weighted by Crippen LogP contribution is 2.30. The summed E-state index contributed by atoms with van der Waals surface area (Å²) in [6, 6.07) is 5.52. The zero-order chi connectivity index (χ0) is 13.2. The predicted molar refractivity (Wildman–Crippen MR) is 64.7 cm³/mol. The molecule has 0 aromatic carbocycles. The molecule has 1 aromatic rings. The molecular weight excluding hydrogens is 236 g/mol. The second-order valence-corrected chi connectivity index (χ2v) is 4.63. The van der Waals surface area contributed by atoms with Crippen molar-refractivity contribution in [3.05, 3.63) is 23.4 Å². The van der Waals surface area contributed by atoms with Crippen molar-refractivity contribution in [1.29, 1.82) is 5.26 Å². The first kappa shape index (κ1) is 12.7. The zero-order valence-corrected chi connectivity index (χ0v) is 10.3. The molecule has 1 aromatic heterocycles. The summed E-state index contributed by atoms with van der Waals surface area (Å²) in [6.07, 6.45) is 0.165. The zero-order valence-electron chi connectivity index (χ0n) is 10.3. The molecule has 18 heavy (non-hydrogen) atoms. The van der Waals surface area contributed by atoms with E-state index in [9.17, 15) is 8.78 Å². The fourth-order valence-corrected chi connectivity index (χ4v) is 2.15. The molecule has 1 fully saturated rings. The molecule has 0 atom stereocenters.